The van der Waals surface area contributed by atoms with E-state index in [0.29, 0.717) is 38.0 Å². The maximum atomic E-state index is 13.8. The van der Waals surface area contributed by atoms with Crippen LogP contribution in [0.4, 0.5) is 8.78 Å². The topological polar surface area (TPSA) is 55.4 Å². The summed E-state index contributed by atoms with van der Waals surface area (Å²) in [5, 5.41) is 0. The van der Waals surface area contributed by atoms with Crippen molar-refractivity contribution in [2.45, 2.75) is 42.9 Å². The van der Waals surface area contributed by atoms with E-state index in [1.165, 1.54) is 6.07 Å². The molecule has 0 radical (unpaired) electrons. The van der Waals surface area contributed by atoms with Gasteiger partial charge in [0.2, 0.25) is 10.0 Å². The Kier molecular flexibility index (Phi) is 4.11. The molecule has 4 nitrogen and oxygen atoms in total. The van der Waals surface area contributed by atoms with Crippen LogP contribution in [0.25, 0.3) is 0 Å². The molecule has 2 aliphatic rings. The second-order valence-electron chi connectivity index (χ2n) is 5.90. The van der Waals surface area contributed by atoms with Gasteiger partial charge in [0.25, 0.3) is 5.92 Å². The summed E-state index contributed by atoms with van der Waals surface area (Å²) < 4.78 is 60.2. The first-order valence-electron chi connectivity index (χ1n) is 7.52. The third kappa shape index (κ3) is 2.96. The molecule has 1 N–H and O–H groups in total. The van der Waals surface area contributed by atoms with Crippen LogP contribution < -0.4 is 9.46 Å². The van der Waals surface area contributed by atoms with E-state index in [2.05, 4.69) is 4.72 Å². The standard InChI is InChI=1S/C15H19F2NO3S/c16-15(17)8-2-1-5-12(15)10-18-22(19,20)13-6-3-4-11-7-9-21-14(11)13/h3-4,6,12,18H,1-2,5,7-10H2. The van der Waals surface area contributed by atoms with Crippen molar-refractivity contribution in [2.24, 2.45) is 5.92 Å². The number of sulfonamides is 1. The average Bonchev–Trinajstić information content (AvgIpc) is 2.93. The molecule has 0 spiro atoms. The van der Waals surface area contributed by atoms with Gasteiger partial charge in [-0.1, -0.05) is 18.6 Å². The lowest BCUT2D eigenvalue weighted by Crippen LogP contribution is -2.40. The number of halogens is 2. The van der Waals surface area contributed by atoms with Crippen molar-refractivity contribution in [3.05, 3.63) is 23.8 Å². The van der Waals surface area contributed by atoms with Crippen LogP contribution in [-0.2, 0) is 16.4 Å². The van der Waals surface area contributed by atoms with Crippen LogP contribution in [0.15, 0.2) is 23.1 Å². The highest BCUT2D eigenvalue weighted by atomic mass is 32.2. The van der Waals surface area contributed by atoms with E-state index in [1.54, 1.807) is 6.07 Å². The molecule has 1 heterocycles. The van der Waals surface area contributed by atoms with Crippen LogP contribution in [0.3, 0.4) is 0 Å². The van der Waals surface area contributed by atoms with Crippen molar-refractivity contribution in [3.63, 3.8) is 0 Å². The number of benzene rings is 1. The first-order valence-corrected chi connectivity index (χ1v) is 9.01. The third-order valence-electron chi connectivity index (χ3n) is 4.40. The fraction of sp³-hybridized carbons (Fsp3) is 0.600. The van der Waals surface area contributed by atoms with Crippen molar-refractivity contribution in [3.8, 4) is 5.75 Å². The highest BCUT2D eigenvalue weighted by Crippen LogP contribution is 2.38. The molecule has 122 valence electrons. The zero-order chi connectivity index (χ0) is 15.8. The van der Waals surface area contributed by atoms with E-state index in [4.69, 9.17) is 4.74 Å². The number of alkyl halides is 2. The molecule has 1 saturated carbocycles. The van der Waals surface area contributed by atoms with E-state index < -0.39 is 21.9 Å². The minimum Gasteiger partial charge on any atom is -0.492 e. The van der Waals surface area contributed by atoms with Crippen LogP contribution in [0.1, 0.15) is 31.2 Å². The lowest BCUT2D eigenvalue weighted by molar-refractivity contribution is -0.0827. The van der Waals surface area contributed by atoms with E-state index in [0.717, 1.165) is 5.56 Å². The van der Waals surface area contributed by atoms with E-state index in [9.17, 15) is 17.2 Å². The van der Waals surface area contributed by atoms with Crippen molar-refractivity contribution in [1.82, 2.24) is 4.72 Å². The van der Waals surface area contributed by atoms with Gasteiger partial charge in [0.15, 0.2) is 0 Å². The molecule has 0 saturated heterocycles. The first-order chi connectivity index (χ1) is 10.4. The Morgan fingerprint density at radius 3 is 2.91 bits per heavy atom. The van der Waals surface area contributed by atoms with Gasteiger partial charge in [-0.15, -0.1) is 0 Å². The van der Waals surface area contributed by atoms with Crippen molar-refractivity contribution in [1.29, 1.82) is 0 Å². The lowest BCUT2D eigenvalue weighted by Gasteiger charge is -2.31. The Balaban J connectivity index is 1.76. The van der Waals surface area contributed by atoms with Gasteiger partial charge in [0, 0.05) is 25.3 Å². The molecule has 1 fully saturated rings. The fourth-order valence-corrected chi connectivity index (χ4v) is 4.37. The van der Waals surface area contributed by atoms with Gasteiger partial charge in [-0.05, 0) is 24.5 Å². The average molecular weight is 331 g/mol. The van der Waals surface area contributed by atoms with E-state index in [1.807, 2.05) is 6.07 Å². The second-order valence-corrected chi connectivity index (χ2v) is 7.63. The van der Waals surface area contributed by atoms with Gasteiger partial charge in [-0.25, -0.2) is 21.9 Å². The monoisotopic (exact) mass is 331 g/mol. The summed E-state index contributed by atoms with van der Waals surface area (Å²) in [5.41, 5.74) is 0.839. The summed E-state index contributed by atoms with van der Waals surface area (Å²) >= 11 is 0. The molecule has 3 rings (SSSR count). The number of nitrogens with one attached hydrogen (secondary N) is 1. The van der Waals surface area contributed by atoms with Gasteiger partial charge >= 0.3 is 0 Å². The van der Waals surface area contributed by atoms with Crippen LogP contribution in [-0.4, -0.2) is 27.5 Å². The largest absolute Gasteiger partial charge is 0.492 e. The summed E-state index contributed by atoms with van der Waals surface area (Å²) in [6.45, 7) is 0.210. The van der Waals surface area contributed by atoms with Crippen LogP contribution >= 0.6 is 0 Å². The molecule has 1 aliphatic heterocycles. The molecular formula is C15H19F2NO3S. The molecule has 1 aromatic rings. The first kappa shape index (κ1) is 15.7. The number of para-hydroxylation sites is 1. The molecule has 1 atom stereocenters. The lowest BCUT2D eigenvalue weighted by atomic mass is 9.86. The molecule has 1 aliphatic carbocycles. The molecule has 1 unspecified atom stereocenters. The SMILES string of the molecule is O=S(=O)(NCC1CCCCC1(F)F)c1cccc2c1OCC2. The smallest absolute Gasteiger partial charge is 0.252 e. The number of hydrogen-bond acceptors (Lipinski definition) is 3. The minimum atomic E-state index is -3.84. The molecule has 0 amide bonds. The molecule has 1 aromatic carbocycles. The summed E-state index contributed by atoms with van der Waals surface area (Å²) in [5.74, 6) is -3.38. The molecule has 7 heteroatoms. The number of fused-ring (bicyclic) bond motifs is 1. The maximum Gasteiger partial charge on any atom is 0.252 e. The Hall–Kier alpha value is -1.21. The van der Waals surface area contributed by atoms with Gasteiger partial charge in [0.1, 0.15) is 10.6 Å². The highest BCUT2D eigenvalue weighted by molar-refractivity contribution is 7.89. The predicted molar refractivity (Wildman–Crippen MR) is 77.7 cm³/mol. The Morgan fingerprint density at radius 1 is 1.32 bits per heavy atom. The molecular weight excluding hydrogens is 312 g/mol. The molecule has 0 bridgehead atoms. The maximum absolute atomic E-state index is 13.8. The number of rotatable bonds is 4. The summed E-state index contributed by atoms with van der Waals surface area (Å²) in [7, 11) is -3.84. The van der Waals surface area contributed by atoms with Crippen molar-refractivity contribution < 1.29 is 21.9 Å². The number of hydrogen-bond donors (Lipinski definition) is 1. The van der Waals surface area contributed by atoms with Crippen molar-refractivity contribution >= 4 is 10.0 Å². The molecule has 22 heavy (non-hydrogen) atoms. The van der Waals surface area contributed by atoms with Gasteiger partial charge < -0.3 is 4.74 Å². The molecule has 0 aromatic heterocycles. The normalized spacial score (nSPS) is 23.8. The fourth-order valence-electron chi connectivity index (χ4n) is 3.10. The van der Waals surface area contributed by atoms with Crippen LogP contribution in [0.2, 0.25) is 0 Å². The Bertz CT molecular complexity index is 661. The Labute approximate surface area is 128 Å². The zero-order valence-electron chi connectivity index (χ0n) is 12.1. The van der Waals surface area contributed by atoms with E-state index >= 15 is 0 Å². The predicted octanol–water partition coefficient (Wildman–Crippen LogP) is 2.73. The van der Waals surface area contributed by atoms with Crippen molar-refractivity contribution in [2.75, 3.05) is 13.2 Å². The highest BCUT2D eigenvalue weighted by Gasteiger charge is 2.41. The van der Waals surface area contributed by atoms with Gasteiger partial charge in [0.05, 0.1) is 6.61 Å². The summed E-state index contributed by atoms with van der Waals surface area (Å²) in [6, 6.07) is 4.92. The second kappa shape index (κ2) is 5.77. The minimum absolute atomic E-state index is 0.0432. The van der Waals surface area contributed by atoms with Crippen LogP contribution in [0.5, 0.6) is 5.75 Å². The summed E-state index contributed by atoms with van der Waals surface area (Å²) in [4.78, 5) is 0.0432. The van der Waals surface area contributed by atoms with E-state index in [-0.39, 0.29) is 17.9 Å². The zero-order valence-corrected chi connectivity index (χ0v) is 13.0. The van der Waals surface area contributed by atoms with Gasteiger partial charge in [-0.3, -0.25) is 0 Å². The Morgan fingerprint density at radius 2 is 2.14 bits per heavy atom. The quantitative estimate of drug-likeness (QED) is 0.923. The van der Waals surface area contributed by atoms with Crippen LogP contribution in [0, 0.1) is 5.92 Å². The van der Waals surface area contributed by atoms with Gasteiger partial charge in [-0.2, -0.15) is 0 Å². The number of ether oxygens (including phenoxy) is 1. The summed E-state index contributed by atoms with van der Waals surface area (Å²) in [6.07, 6.45) is 2.06. The third-order valence-corrected chi connectivity index (χ3v) is 5.84.